The van der Waals surface area contributed by atoms with Gasteiger partial charge in [0.05, 0.1) is 0 Å². The van der Waals surface area contributed by atoms with Gasteiger partial charge < -0.3 is 4.90 Å². The van der Waals surface area contributed by atoms with Crippen molar-refractivity contribution in [1.82, 2.24) is 14.7 Å². The van der Waals surface area contributed by atoms with Crippen molar-refractivity contribution in [2.45, 2.75) is 32.6 Å². The minimum atomic E-state index is -4.47. The second-order valence-electron chi connectivity index (χ2n) is 3.89. The van der Waals surface area contributed by atoms with Crippen molar-refractivity contribution < 1.29 is 18.0 Å². The fourth-order valence-electron chi connectivity index (χ4n) is 1.31. The minimum Gasteiger partial charge on any atom is -0.330 e. The Bertz CT molecular complexity index is 466. The Morgan fingerprint density at radius 2 is 2.17 bits per heavy atom. The highest BCUT2D eigenvalue weighted by molar-refractivity contribution is 7.06. The lowest BCUT2D eigenvalue weighted by Crippen LogP contribution is -2.45. The van der Waals surface area contributed by atoms with Crippen LogP contribution in [0.5, 0.6) is 0 Å². The average molecular weight is 283 g/mol. The number of rotatable bonds is 4. The van der Waals surface area contributed by atoms with E-state index in [1.165, 1.54) is 19.4 Å². The molecule has 0 saturated heterocycles. The number of aromatic nitrogens is 2. The van der Waals surface area contributed by atoms with Crippen LogP contribution in [0.15, 0.2) is 10.3 Å². The van der Waals surface area contributed by atoms with Crippen LogP contribution in [-0.4, -0.2) is 39.4 Å². The molecule has 0 aromatic carbocycles. The van der Waals surface area contributed by atoms with Gasteiger partial charge in [-0.25, -0.2) is 4.68 Å². The predicted molar refractivity (Wildman–Crippen MR) is 59.3 cm³/mol. The van der Waals surface area contributed by atoms with Gasteiger partial charge in [-0.15, -0.1) is 0 Å². The molecule has 0 aliphatic heterocycles. The van der Waals surface area contributed by atoms with E-state index in [-0.39, 0.29) is 0 Å². The van der Waals surface area contributed by atoms with Gasteiger partial charge in [0.2, 0.25) is 5.91 Å². The zero-order valence-corrected chi connectivity index (χ0v) is 10.6. The lowest BCUT2D eigenvalue weighted by molar-refractivity contribution is -0.165. The van der Waals surface area contributed by atoms with Gasteiger partial charge in [-0.2, -0.15) is 18.3 Å². The molecule has 0 unspecified atom stereocenters. The Hall–Kier alpha value is -1.38. The fourth-order valence-corrected chi connectivity index (χ4v) is 1.79. The fraction of sp³-hybridized carbons (Fsp3) is 0.667. The highest BCUT2D eigenvalue weighted by Crippen LogP contribution is 2.18. The number of alkyl halides is 3. The SMILES string of the molecule is CC(C)N(CC(F)(F)F)C(=O)Cn1ncsc1=O. The summed E-state index contributed by atoms with van der Waals surface area (Å²) in [5, 5.41) is 3.59. The van der Waals surface area contributed by atoms with E-state index in [2.05, 4.69) is 5.10 Å². The molecule has 0 atom stereocenters. The number of hydrogen-bond acceptors (Lipinski definition) is 4. The van der Waals surface area contributed by atoms with Gasteiger partial charge in [-0.3, -0.25) is 9.59 Å². The largest absolute Gasteiger partial charge is 0.406 e. The van der Waals surface area contributed by atoms with Crippen LogP contribution < -0.4 is 4.87 Å². The Morgan fingerprint density at radius 1 is 1.56 bits per heavy atom. The van der Waals surface area contributed by atoms with Gasteiger partial charge in [0.25, 0.3) is 0 Å². The molecule has 1 amide bonds. The first kappa shape index (κ1) is 14.7. The number of amides is 1. The van der Waals surface area contributed by atoms with Gasteiger partial charge in [0.1, 0.15) is 18.6 Å². The van der Waals surface area contributed by atoms with Crippen LogP contribution in [-0.2, 0) is 11.3 Å². The zero-order chi connectivity index (χ0) is 13.9. The Morgan fingerprint density at radius 3 is 2.56 bits per heavy atom. The molecular formula is C9H12F3N3O2S. The summed E-state index contributed by atoms with van der Waals surface area (Å²) in [6, 6.07) is -0.603. The van der Waals surface area contributed by atoms with E-state index in [0.717, 1.165) is 16.0 Å². The van der Waals surface area contributed by atoms with Crippen LogP contribution in [0.3, 0.4) is 0 Å². The summed E-state index contributed by atoms with van der Waals surface area (Å²) in [6.07, 6.45) is -4.47. The Balaban J connectivity index is 2.78. The summed E-state index contributed by atoms with van der Waals surface area (Å²) in [7, 11) is 0. The molecule has 0 aliphatic rings. The summed E-state index contributed by atoms with van der Waals surface area (Å²) in [4.78, 5) is 23.1. The lowest BCUT2D eigenvalue weighted by atomic mass is 10.3. The maximum Gasteiger partial charge on any atom is 0.406 e. The highest BCUT2D eigenvalue weighted by atomic mass is 32.1. The van der Waals surface area contributed by atoms with E-state index in [0.29, 0.717) is 4.90 Å². The Kier molecular flexibility index (Phi) is 4.49. The average Bonchev–Trinajstić information content (AvgIpc) is 2.59. The lowest BCUT2D eigenvalue weighted by Gasteiger charge is -2.27. The molecule has 9 heteroatoms. The van der Waals surface area contributed by atoms with Crippen LogP contribution in [0.25, 0.3) is 0 Å². The molecular weight excluding hydrogens is 271 g/mol. The van der Waals surface area contributed by atoms with Crippen molar-refractivity contribution in [2.24, 2.45) is 0 Å². The molecule has 0 fully saturated rings. The number of nitrogens with zero attached hydrogens (tertiary/aromatic N) is 3. The minimum absolute atomic E-state index is 0.473. The monoisotopic (exact) mass is 283 g/mol. The molecule has 1 aromatic heterocycles. The number of carbonyl (C=O) groups excluding carboxylic acids is 1. The van der Waals surface area contributed by atoms with Crippen LogP contribution in [0.2, 0.25) is 0 Å². The second kappa shape index (κ2) is 5.51. The Labute approximate surface area is 105 Å². The molecule has 0 saturated carbocycles. The van der Waals surface area contributed by atoms with E-state index in [9.17, 15) is 22.8 Å². The third-order valence-electron chi connectivity index (χ3n) is 2.13. The van der Waals surface area contributed by atoms with E-state index < -0.39 is 36.1 Å². The molecule has 0 aliphatic carbocycles. The van der Waals surface area contributed by atoms with Crippen molar-refractivity contribution in [3.63, 3.8) is 0 Å². The normalized spacial score (nSPS) is 11.9. The summed E-state index contributed by atoms with van der Waals surface area (Å²) < 4.78 is 37.8. The van der Waals surface area contributed by atoms with E-state index >= 15 is 0 Å². The maximum absolute atomic E-state index is 12.3. The summed E-state index contributed by atoms with van der Waals surface area (Å²) in [5.41, 5.74) is 1.24. The van der Waals surface area contributed by atoms with Crippen LogP contribution in [0.4, 0.5) is 13.2 Å². The van der Waals surface area contributed by atoms with Crippen molar-refractivity contribution in [3.8, 4) is 0 Å². The molecule has 0 bridgehead atoms. The summed E-state index contributed by atoms with van der Waals surface area (Å²) in [6.45, 7) is 1.15. The summed E-state index contributed by atoms with van der Waals surface area (Å²) >= 11 is 0.783. The number of halogens is 3. The zero-order valence-electron chi connectivity index (χ0n) is 9.77. The maximum atomic E-state index is 12.3. The smallest absolute Gasteiger partial charge is 0.330 e. The first-order valence-electron chi connectivity index (χ1n) is 5.07. The van der Waals surface area contributed by atoms with Gasteiger partial charge in [0, 0.05) is 6.04 Å². The predicted octanol–water partition coefficient (Wildman–Crippen LogP) is 1.10. The molecule has 5 nitrogen and oxygen atoms in total. The van der Waals surface area contributed by atoms with E-state index in [1.807, 2.05) is 0 Å². The van der Waals surface area contributed by atoms with Gasteiger partial charge >= 0.3 is 11.0 Å². The molecule has 0 spiro atoms. The quantitative estimate of drug-likeness (QED) is 0.831. The molecule has 1 aromatic rings. The van der Waals surface area contributed by atoms with Gasteiger partial charge in [-0.1, -0.05) is 11.3 Å². The third kappa shape index (κ3) is 4.13. The third-order valence-corrected chi connectivity index (χ3v) is 2.74. The molecule has 0 radical (unpaired) electrons. The van der Waals surface area contributed by atoms with Gasteiger partial charge in [0.15, 0.2) is 0 Å². The van der Waals surface area contributed by atoms with E-state index in [1.54, 1.807) is 0 Å². The number of hydrogen-bond donors (Lipinski definition) is 0. The first-order chi connectivity index (χ1) is 8.20. The van der Waals surface area contributed by atoms with Crippen molar-refractivity contribution in [2.75, 3.05) is 6.54 Å². The summed E-state index contributed by atoms with van der Waals surface area (Å²) in [5.74, 6) is -0.782. The second-order valence-corrected chi connectivity index (χ2v) is 4.69. The molecule has 1 heterocycles. The topological polar surface area (TPSA) is 55.2 Å². The van der Waals surface area contributed by atoms with Crippen LogP contribution >= 0.6 is 11.3 Å². The number of carbonyl (C=O) groups is 1. The van der Waals surface area contributed by atoms with Crippen molar-refractivity contribution in [1.29, 1.82) is 0 Å². The van der Waals surface area contributed by atoms with E-state index in [4.69, 9.17) is 0 Å². The van der Waals surface area contributed by atoms with Gasteiger partial charge in [-0.05, 0) is 13.8 Å². The molecule has 18 heavy (non-hydrogen) atoms. The van der Waals surface area contributed by atoms with Crippen LogP contribution in [0, 0.1) is 0 Å². The van der Waals surface area contributed by atoms with Crippen LogP contribution in [0.1, 0.15) is 13.8 Å². The molecule has 1 rings (SSSR count). The van der Waals surface area contributed by atoms with Crippen molar-refractivity contribution >= 4 is 17.2 Å². The highest BCUT2D eigenvalue weighted by Gasteiger charge is 2.34. The molecule has 102 valence electrons. The standard InChI is InChI=1S/C9H12F3N3O2S/c1-6(2)14(4-9(10,11)12)7(16)3-15-8(17)18-5-13-15/h5-6H,3-4H2,1-2H3. The molecule has 0 N–H and O–H groups in total. The van der Waals surface area contributed by atoms with Crippen molar-refractivity contribution in [3.05, 3.63) is 15.2 Å². The first-order valence-corrected chi connectivity index (χ1v) is 5.95.